The van der Waals surface area contributed by atoms with Crippen LogP contribution in [0.25, 0.3) is 5.65 Å². The van der Waals surface area contributed by atoms with Gasteiger partial charge in [-0.05, 0) is 37.3 Å². The topological polar surface area (TPSA) is 67.5 Å². The van der Waals surface area contributed by atoms with E-state index >= 15 is 0 Å². The number of carboxylic acids is 1. The Labute approximate surface area is 121 Å². The van der Waals surface area contributed by atoms with Crippen molar-refractivity contribution in [2.75, 3.05) is 0 Å². The third kappa shape index (κ3) is 2.52. The zero-order chi connectivity index (χ0) is 14.1. The van der Waals surface area contributed by atoms with Crippen molar-refractivity contribution in [2.45, 2.75) is 36.6 Å². The summed E-state index contributed by atoms with van der Waals surface area (Å²) in [5, 5.41) is 18.5. The molecular formula is C14H17N3O2S. The second-order valence-electron chi connectivity index (χ2n) is 5.43. The van der Waals surface area contributed by atoms with E-state index < -0.39 is 5.97 Å². The van der Waals surface area contributed by atoms with E-state index in [0.29, 0.717) is 5.92 Å². The predicted molar refractivity (Wildman–Crippen MR) is 76.8 cm³/mol. The molecule has 3 atom stereocenters. The highest BCUT2D eigenvalue weighted by atomic mass is 32.2. The number of hydrogen-bond donors (Lipinski definition) is 1. The summed E-state index contributed by atoms with van der Waals surface area (Å²) < 4.78 is 1.92. The Balaban J connectivity index is 1.86. The first kappa shape index (κ1) is 13.4. The third-order valence-corrected chi connectivity index (χ3v) is 5.22. The van der Waals surface area contributed by atoms with Gasteiger partial charge in [-0.15, -0.1) is 10.2 Å². The Kier molecular flexibility index (Phi) is 3.65. The molecule has 0 amide bonds. The van der Waals surface area contributed by atoms with Gasteiger partial charge in [-0.3, -0.25) is 9.20 Å². The van der Waals surface area contributed by atoms with Crippen molar-refractivity contribution >= 4 is 23.4 Å². The van der Waals surface area contributed by atoms with E-state index in [-0.39, 0.29) is 11.2 Å². The van der Waals surface area contributed by atoms with Crippen LogP contribution >= 0.6 is 11.8 Å². The fourth-order valence-corrected chi connectivity index (χ4v) is 4.24. The minimum atomic E-state index is -0.691. The summed E-state index contributed by atoms with van der Waals surface area (Å²) in [6, 6.07) is 5.75. The lowest BCUT2D eigenvalue weighted by Crippen LogP contribution is -2.32. The highest BCUT2D eigenvalue weighted by Crippen LogP contribution is 2.39. The number of fused-ring (bicyclic) bond motifs is 1. The van der Waals surface area contributed by atoms with Gasteiger partial charge in [0.2, 0.25) is 0 Å². The van der Waals surface area contributed by atoms with Crippen molar-refractivity contribution in [3.8, 4) is 0 Å². The number of aliphatic carboxylic acids is 1. The average molecular weight is 291 g/mol. The summed E-state index contributed by atoms with van der Waals surface area (Å²) in [4.78, 5) is 11.4. The van der Waals surface area contributed by atoms with Gasteiger partial charge >= 0.3 is 5.97 Å². The molecule has 1 saturated carbocycles. The van der Waals surface area contributed by atoms with Crippen LogP contribution in [0.1, 0.15) is 26.2 Å². The van der Waals surface area contributed by atoms with Crippen LogP contribution < -0.4 is 0 Å². The van der Waals surface area contributed by atoms with Gasteiger partial charge in [0.1, 0.15) is 0 Å². The van der Waals surface area contributed by atoms with Gasteiger partial charge in [-0.1, -0.05) is 24.8 Å². The summed E-state index contributed by atoms with van der Waals surface area (Å²) >= 11 is 1.55. The molecule has 2 heterocycles. The standard InChI is InChI=1S/C14H17N3O2S/c1-9-5-6-10(13(18)19)11(8-9)20-14-16-15-12-4-2-3-7-17(12)14/h2-4,7,9-11H,5-6,8H2,1H3,(H,18,19). The Morgan fingerprint density at radius 1 is 1.40 bits per heavy atom. The van der Waals surface area contributed by atoms with Gasteiger partial charge in [0.25, 0.3) is 0 Å². The Morgan fingerprint density at radius 2 is 2.25 bits per heavy atom. The minimum absolute atomic E-state index is 0.0730. The molecule has 6 heteroatoms. The molecule has 1 aliphatic rings. The molecule has 2 aromatic heterocycles. The third-order valence-electron chi connectivity index (χ3n) is 3.91. The smallest absolute Gasteiger partial charge is 0.307 e. The Morgan fingerprint density at radius 3 is 3.05 bits per heavy atom. The van der Waals surface area contributed by atoms with Crippen LogP contribution in [0.4, 0.5) is 0 Å². The maximum atomic E-state index is 11.4. The second kappa shape index (κ2) is 5.44. The fraction of sp³-hybridized carbons (Fsp3) is 0.500. The number of aromatic nitrogens is 3. The number of rotatable bonds is 3. The molecular weight excluding hydrogens is 274 g/mol. The maximum absolute atomic E-state index is 11.4. The summed E-state index contributed by atoms with van der Waals surface area (Å²) in [5.41, 5.74) is 0.797. The SMILES string of the molecule is CC1CCC(C(=O)O)C(Sc2nnc3ccccn23)C1. The lowest BCUT2D eigenvalue weighted by atomic mass is 9.82. The molecule has 0 aliphatic heterocycles. The highest BCUT2D eigenvalue weighted by molar-refractivity contribution is 7.99. The molecule has 2 aromatic rings. The highest BCUT2D eigenvalue weighted by Gasteiger charge is 2.35. The van der Waals surface area contributed by atoms with Crippen LogP contribution in [0.15, 0.2) is 29.6 Å². The van der Waals surface area contributed by atoms with Crippen LogP contribution in [0.3, 0.4) is 0 Å². The van der Waals surface area contributed by atoms with Gasteiger partial charge in [-0.25, -0.2) is 0 Å². The van der Waals surface area contributed by atoms with Gasteiger partial charge in [0.05, 0.1) is 5.92 Å². The average Bonchev–Trinajstić information content (AvgIpc) is 2.82. The number of carboxylic acid groups (broad SMARTS) is 1. The zero-order valence-corrected chi connectivity index (χ0v) is 12.1. The van der Waals surface area contributed by atoms with Crippen molar-refractivity contribution in [1.29, 1.82) is 0 Å². The Hall–Kier alpha value is -1.56. The van der Waals surface area contributed by atoms with Crippen molar-refractivity contribution in [1.82, 2.24) is 14.6 Å². The van der Waals surface area contributed by atoms with E-state index in [0.717, 1.165) is 30.1 Å². The van der Waals surface area contributed by atoms with E-state index in [1.54, 1.807) is 11.8 Å². The molecule has 1 aliphatic carbocycles. The van der Waals surface area contributed by atoms with Gasteiger partial charge in [0.15, 0.2) is 10.8 Å². The van der Waals surface area contributed by atoms with Crippen LogP contribution in [0.2, 0.25) is 0 Å². The molecule has 0 saturated heterocycles. The molecule has 3 unspecified atom stereocenters. The van der Waals surface area contributed by atoms with Gasteiger partial charge < -0.3 is 5.11 Å². The van der Waals surface area contributed by atoms with E-state index in [9.17, 15) is 9.90 Å². The largest absolute Gasteiger partial charge is 0.481 e. The van der Waals surface area contributed by atoms with Crippen molar-refractivity contribution in [3.05, 3.63) is 24.4 Å². The van der Waals surface area contributed by atoms with E-state index in [4.69, 9.17) is 0 Å². The quantitative estimate of drug-likeness (QED) is 0.941. The first-order valence-electron chi connectivity index (χ1n) is 6.84. The van der Waals surface area contributed by atoms with E-state index in [2.05, 4.69) is 17.1 Å². The Bertz CT molecular complexity index is 628. The van der Waals surface area contributed by atoms with E-state index in [1.807, 2.05) is 28.8 Å². The molecule has 1 N–H and O–H groups in total. The number of pyridine rings is 1. The molecule has 106 valence electrons. The molecule has 1 fully saturated rings. The lowest BCUT2D eigenvalue weighted by molar-refractivity contribution is -0.142. The van der Waals surface area contributed by atoms with E-state index in [1.165, 1.54) is 0 Å². The normalized spacial score (nSPS) is 26.8. The summed E-state index contributed by atoms with van der Waals surface area (Å²) in [7, 11) is 0. The molecule has 5 nitrogen and oxygen atoms in total. The zero-order valence-electron chi connectivity index (χ0n) is 11.3. The molecule has 0 spiro atoms. The molecule has 3 rings (SSSR count). The van der Waals surface area contributed by atoms with Crippen LogP contribution in [0, 0.1) is 11.8 Å². The number of thioether (sulfide) groups is 1. The van der Waals surface area contributed by atoms with Crippen molar-refractivity contribution in [3.63, 3.8) is 0 Å². The van der Waals surface area contributed by atoms with Crippen LogP contribution in [-0.2, 0) is 4.79 Å². The van der Waals surface area contributed by atoms with Crippen LogP contribution in [0.5, 0.6) is 0 Å². The van der Waals surface area contributed by atoms with Crippen molar-refractivity contribution < 1.29 is 9.90 Å². The molecule has 0 aromatic carbocycles. The van der Waals surface area contributed by atoms with Gasteiger partial charge in [-0.2, -0.15) is 0 Å². The number of nitrogens with zero attached hydrogens (tertiary/aromatic N) is 3. The second-order valence-corrected chi connectivity index (χ2v) is 6.64. The monoisotopic (exact) mass is 291 g/mol. The van der Waals surface area contributed by atoms with Crippen molar-refractivity contribution in [2.24, 2.45) is 11.8 Å². The number of hydrogen-bond acceptors (Lipinski definition) is 4. The minimum Gasteiger partial charge on any atom is -0.481 e. The first-order valence-corrected chi connectivity index (χ1v) is 7.72. The van der Waals surface area contributed by atoms with Gasteiger partial charge in [0, 0.05) is 11.4 Å². The first-order chi connectivity index (χ1) is 9.65. The number of carbonyl (C=O) groups is 1. The molecule has 20 heavy (non-hydrogen) atoms. The lowest BCUT2D eigenvalue weighted by Gasteiger charge is -2.31. The summed E-state index contributed by atoms with van der Waals surface area (Å²) in [6.07, 6.45) is 4.59. The predicted octanol–water partition coefficient (Wildman–Crippen LogP) is 2.71. The van der Waals surface area contributed by atoms with Crippen LogP contribution in [-0.4, -0.2) is 30.9 Å². The summed E-state index contributed by atoms with van der Waals surface area (Å²) in [6.45, 7) is 2.19. The molecule has 0 radical (unpaired) electrons. The maximum Gasteiger partial charge on any atom is 0.307 e. The summed E-state index contributed by atoms with van der Waals surface area (Å²) in [5.74, 6) is -0.405. The fourth-order valence-electron chi connectivity index (χ4n) is 2.78. The molecule has 0 bridgehead atoms.